The molecule has 0 amide bonds. The predicted octanol–water partition coefficient (Wildman–Crippen LogP) is 1.87. The molecule has 6 nitrogen and oxygen atoms in total. The van der Waals surface area contributed by atoms with Crippen LogP contribution in [0.1, 0.15) is 25.3 Å². The molecule has 134 valence electrons. The average Bonchev–Trinajstić information content (AvgIpc) is 2.95. The number of benzene rings is 1. The molecule has 1 aromatic carbocycles. The standard InChI is InChI=1S/C18H24N4O2S/c1-13(2)25(23,24)21-18-11-22(3)10-17(18)15-6-4-14(5-7-15)16-8-19-12-20-9-16/h4-9,12-13,17-18,21H,10-11H2,1-3H3/t17-,18+/m1/s1. The summed E-state index contributed by atoms with van der Waals surface area (Å²) in [7, 11) is -1.27. The van der Waals surface area contributed by atoms with Gasteiger partial charge in [0.1, 0.15) is 6.33 Å². The molecule has 1 aliphatic heterocycles. The second kappa shape index (κ2) is 7.19. The van der Waals surface area contributed by atoms with Gasteiger partial charge in [-0.3, -0.25) is 0 Å². The van der Waals surface area contributed by atoms with Crippen molar-refractivity contribution in [3.63, 3.8) is 0 Å². The molecule has 0 spiro atoms. The lowest BCUT2D eigenvalue weighted by molar-refractivity contribution is 0.404. The number of likely N-dealkylation sites (tertiary alicyclic amines) is 1. The fourth-order valence-corrected chi connectivity index (χ4v) is 4.11. The van der Waals surface area contributed by atoms with E-state index < -0.39 is 15.3 Å². The molecular weight excluding hydrogens is 336 g/mol. The van der Waals surface area contributed by atoms with Crippen molar-refractivity contribution in [3.8, 4) is 11.1 Å². The summed E-state index contributed by atoms with van der Waals surface area (Å²) >= 11 is 0. The van der Waals surface area contributed by atoms with E-state index in [1.54, 1.807) is 26.2 Å². The molecule has 1 aromatic heterocycles. The monoisotopic (exact) mass is 360 g/mol. The Kier molecular flexibility index (Phi) is 5.17. The Bertz CT molecular complexity index is 807. The van der Waals surface area contributed by atoms with Crippen LogP contribution in [-0.2, 0) is 10.0 Å². The van der Waals surface area contributed by atoms with Crippen LogP contribution >= 0.6 is 0 Å². The van der Waals surface area contributed by atoms with Gasteiger partial charge in [0.25, 0.3) is 0 Å². The Balaban J connectivity index is 1.82. The molecule has 0 unspecified atom stereocenters. The number of likely N-dealkylation sites (N-methyl/N-ethyl adjacent to an activating group) is 1. The number of nitrogens with one attached hydrogen (secondary N) is 1. The highest BCUT2D eigenvalue weighted by Gasteiger charge is 2.35. The number of hydrogen-bond donors (Lipinski definition) is 1. The lowest BCUT2D eigenvalue weighted by Crippen LogP contribution is -2.42. The SMILES string of the molecule is CC(C)S(=O)(=O)N[C@H]1CN(C)C[C@@H]1c1ccc(-c2cncnc2)cc1. The van der Waals surface area contributed by atoms with Gasteiger partial charge in [0.2, 0.25) is 10.0 Å². The Morgan fingerprint density at radius 1 is 1.08 bits per heavy atom. The van der Waals surface area contributed by atoms with E-state index in [0.717, 1.165) is 23.2 Å². The quantitative estimate of drug-likeness (QED) is 0.881. The molecule has 0 saturated carbocycles. The van der Waals surface area contributed by atoms with Crippen LogP contribution in [0.2, 0.25) is 0 Å². The fourth-order valence-electron chi connectivity index (χ4n) is 3.18. The van der Waals surface area contributed by atoms with Crippen molar-refractivity contribution in [3.05, 3.63) is 48.5 Å². The molecule has 7 heteroatoms. The lowest BCUT2D eigenvalue weighted by Gasteiger charge is -2.21. The van der Waals surface area contributed by atoms with E-state index in [-0.39, 0.29) is 12.0 Å². The summed E-state index contributed by atoms with van der Waals surface area (Å²) in [6, 6.07) is 8.12. The Hall–Kier alpha value is -1.83. The minimum absolute atomic E-state index is 0.108. The first-order chi connectivity index (χ1) is 11.9. The molecule has 0 bridgehead atoms. The van der Waals surface area contributed by atoms with Crippen LogP contribution in [0, 0.1) is 0 Å². The minimum atomic E-state index is -3.29. The number of hydrogen-bond acceptors (Lipinski definition) is 5. The third-order valence-electron chi connectivity index (χ3n) is 4.67. The van der Waals surface area contributed by atoms with Gasteiger partial charge in [-0.1, -0.05) is 24.3 Å². The summed E-state index contributed by atoms with van der Waals surface area (Å²) < 4.78 is 27.4. The summed E-state index contributed by atoms with van der Waals surface area (Å²) in [5, 5.41) is -0.431. The predicted molar refractivity (Wildman–Crippen MR) is 98.7 cm³/mol. The van der Waals surface area contributed by atoms with E-state index >= 15 is 0 Å². The number of rotatable bonds is 5. The van der Waals surface area contributed by atoms with Crippen LogP contribution in [0.4, 0.5) is 0 Å². The molecule has 2 atom stereocenters. The number of aromatic nitrogens is 2. The van der Waals surface area contributed by atoms with Crippen molar-refractivity contribution in [2.75, 3.05) is 20.1 Å². The average molecular weight is 360 g/mol. The van der Waals surface area contributed by atoms with E-state index in [0.29, 0.717) is 6.54 Å². The summed E-state index contributed by atoms with van der Waals surface area (Å²) in [5.74, 6) is 0.139. The van der Waals surface area contributed by atoms with E-state index in [9.17, 15) is 8.42 Å². The molecule has 3 rings (SSSR count). The molecule has 2 aromatic rings. The first-order valence-electron chi connectivity index (χ1n) is 8.42. The molecule has 1 fully saturated rings. The zero-order valence-corrected chi connectivity index (χ0v) is 15.6. The molecule has 0 aliphatic carbocycles. The van der Waals surface area contributed by atoms with Gasteiger partial charge in [-0.2, -0.15) is 0 Å². The van der Waals surface area contributed by atoms with Gasteiger partial charge in [-0.15, -0.1) is 0 Å². The molecule has 1 aliphatic rings. The summed E-state index contributed by atoms with van der Waals surface area (Å²) in [5.41, 5.74) is 3.16. The van der Waals surface area contributed by atoms with Gasteiger partial charge in [0, 0.05) is 43.0 Å². The van der Waals surface area contributed by atoms with E-state index in [2.05, 4.69) is 31.7 Å². The van der Waals surface area contributed by atoms with Gasteiger partial charge >= 0.3 is 0 Å². The highest BCUT2D eigenvalue weighted by Crippen LogP contribution is 2.29. The second-order valence-corrected chi connectivity index (χ2v) is 9.16. The number of nitrogens with zero attached hydrogens (tertiary/aromatic N) is 3. The Morgan fingerprint density at radius 3 is 2.32 bits per heavy atom. The van der Waals surface area contributed by atoms with Gasteiger partial charge in [0.15, 0.2) is 0 Å². The first kappa shape index (κ1) is 18.0. The maximum atomic E-state index is 12.3. The fraction of sp³-hybridized carbons (Fsp3) is 0.444. The molecule has 1 saturated heterocycles. The van der Waals surface area contributed by atoms with Crippen molar-refractivity contribution in [2.24, 2.45) is 0 Å². The summed E-state index contributed by atoms with van der Waals surface area (Å²) in [4.78, 5) is 10.3. The van der Waals surface area contributed by atoms with E-state index in [4.69, 9.17) is 0 Å². The van der Waals surface area contributed by atoms with Gasteiger partial charge in [-0.25, -0.2) is 23.1 Å². The highest BCUT2D eigenvalue weighted by molar-refractivity contribution is 7.90. The third-order valence-corrected chi connectivity index (χ3v) is 6.54. The van der Waals surface area contributed by atoms with Gasteiger partial charge < -0.3 is 4.90 Å². The van der Waals surface area contributed by atoms with Crippen molar-refractivity contribution in [1.29, 1.82) is 0 Å². The smallest absolute Gasteiger partial charge is 0.214 e. The molecule has 1 N–H and O–H groups in total. The maximum absolute atomic E-state index is 12.3. The molecule has 0 radical (unpaired) electrons. The van der Waals surface area contributed by atoms with Crippen molar-refractivity contribution >= 4 is 10.0 Å². The Labute approximate surface area is 149 Å². The van der Waals surface area contributed by atoms with Crippen molar-refractivity contribution in [2.45, 2.75) is 31.1 Å². The van der Waals surface area contributed by atoms with Crippen LogP contribution < -0.4 is 4.72 Å². The summed E-state index contributed by atoms with van der Waals surface area (Å²) in [6.45, 7) is 4.95. The van der Waals surface area contributed by atoms with Crippen LogP contribution in [0.15, 0.2) is 43.0 Å². The highest BCUT2D eigenvalue weighted by atomic mass is 32.2. The lowest BCUT2D eigenvalue weighted by atomic mass is 9.93. The Morgan fingerprint density at radius 2 is 1.72 bits per heavy atom. The second-order valence-electron chi connectivity index (χ2n) is 6.89. The van der Waals surface area contributed by atoms with Crippen LogP contribution in [0.25, 0.3) is 11.1 Å². The van der Waals surface area contributed by atoms with E-state index in [1.807, 2.05) is 19.2 Å². The van der Waals surface area contributed by atoms with Crippen LogP contribution in [0.3, 0.4) is 0 Å². The molecular formula is C18H24N4O2S. The zero-order chi connectivity index (χ0) is 18.0. The largest absolute Gasteiger partial charge is 0.304 e. The summed E-state index contributed by atoms with van der Waals surface area (Å²) in [6.07, 6.45) is 5.08. The third kappa shape index (κ3) is 4.05. The van der Waals surface area contributed by atoms with Crippen LogP contribution in [-0.4, -0.2) is 54.7 Å². The topological polar surface area (TPSA) is 75.2 Å². The van der Waals surface area contributed by atoms with Gasteiger partial charge in [-0.05, 0) is 32.0 Å². The molecule has 2 heterocycles. The van der Waals surface area contributed by atoms with Crippen molar-refractivity contribution < 1.29 is 8.42 Å². The normalized spacial score (nSPS) is 21.8. The van der Waals surface area contributed by atoms with E-state index in [1.165, 1.54) is 6.33 Å². The first-order valence-corrected chi connectivity index (χ1v) is 9.96. The number of sulfonamides is 1. The maximum Gasteiger partial charge on any atom is 0.214 e. The van der Waals surface area contributed by atoms with Gasteiger partial charge in [0.05, 0.1) is 5.25 Å². The van der Waals surface area contributed by atoms with Crippen LogP contribution in [0.5, 0.6) is 0 Å². The molecule has 25 heavy (non-hydrogen) atoms. The minimum Gasteiger partial charge on any atom is -0.304 e. The zero-order valence-electron chi connectivity index (χ0n) is 14.8. The van der Waals surface area contributed by atoms with Crippen molar-refractivity contribution in [1.82, 2.24) is 19.6 Å².